The molecule has 0 unspecified atom stereocenters. The molecule has 0 aliphatic rings. The summed E-state index contributed by atoms with van der Waals surface area (Å²) in [6.07, 6.45) is -4.18. The molecule has 0 atom stereocenters. The maximum Gasteiger partial charge on any atom is 0.416 e. The van der Waals surface area contributed by atoms with E-state index in [0.717, 1.165) is 17.7 Å². The van der Waals surface area contributed by atoms with Gasteiger partial charge in [-0.15, -0.1) is 0 Å². The van der Waals surface area contributed by atoms with Gasteiger partial charge in [0.25, 0.3) is 0 Å². The molecule has 0 amide bonds. The summed E-state index contributed by atoms with van der Waals surface area (Å²) < 4.78 is 76.3. The lowest BCUT2D eigenvalue weighted by Crippen LogP contribution is -2.26. The number of rotatable bonds is 5. The van der Waals surface area contributed by atoms with Crippen LogP contribution in [0.25, 0.3) is 0 Å². The molecule has 1 N–H and O–H groups in total. The molecule has 2 rings (SSSR count). The molecular formula is C15H13F4NO2S. The standard InChI is InChI=1S/C15H13F4NO2S/c16-13-5-1-11(2-6-13)9-10-20-23(21,22)14-7-3-12(4-8-14)15(17,18)19/h1-8,20H,9-10H2. The quantitative estimate of drug-likeness (QED) is 0.843. The van der Waals surface area contributed by atoms with Crippen molar-refractivity contribution in [3.8, 4) is 0 Å². The number of nitrogens with one attached hydrogen (secondary N) is 1. The fourth-order valence-corrected chi connectivity index (χ4v) is 2.92. The van der Waals surface area contributed by atoms with Crippen molar-refractivity contribution in [3.05, 3.63) is 65.5 Å². The molecule has 0 saturated carbocycles. The molecule has 0 saturated heterocycles. The maximum atomic E-state index is 12.7. The molecule has 23 heavy (non-hydrogen) atoms. The van der Waals surface area contributed by atoms with Crippen LogP contribution in [0.2, 0.25) is 0 Å². The van der Waals surface area contributed by atoms with Crippen molar-refractivity contribution in [3.63, 3.8) is 0 Å². The minimum absolute atomic E-state index is 0.0506. The Bertz CT molecular complexity index is 754. The summed E-state index contributed by atoms with van der Waals surface area (Å²) >= 11 is 0. The normalized spacial score (nSPS) is 12.3. The van der Waals surface area contributed by atoms with Crippen LogP contribution in [0, 0.1) is 5.82 Å². The summed E-state index contributed by atoms with van der Waals surface area (Å²) in [5.41, 5.74) is -0.177. The van der Waals surface area contributed by atoms with Crippen LogP contribution in [0.4, 0.5) is 17.6 Å². The van der Waals surface area contributed by atoms with Gasteiger partial charge in [0.05, 0.1) is 10.5 Å². The molecule has 0 aliphatic heterocycles. The first-order valence-electron chi connectivity index (χ1n) is 6.60. The fourth-order valence-electron chi connectivity index (χ4n) is 1.89. The number of benzene rings is 2. The highest BCUT2D eigenvalue weighted by atomic mass is 32.2. The monoisotopic (exact) mass is 347 g/mol. The van der Waals surface area contributed by atoms with E-state index in [-0.39, 0.29) is 17.3 Å². The Labute approximate surface area is 131 Å². The van der Waals surface area contributed by atoms with Crippen LogP contribution in [-0.2, 0) is 22.6 Å². The van der Waals surface area contributed by atoms with Gasteiger partial charge in [0.1, 0.15) is 5.82 Å². The van der Waals surface area contributed by atoms with Gasteiger partial charge in [-0.1, -0.05) is 12.1 Å². The number of hydrogen-bond acceptors (Lipinski definition) is 2. The Kier molecular flexibility index (Phi) is 5.06. The molecule has 2 aromatic rings. The third-order valence-corrected chi connectivity index (χ3v) is 4.59. The van der Waals surface area contributed by atoms with Gasteiger partial charge in [-0.25, -0.2) is 17.5 Å². The lowest BCUT2D eigenvalue weighted by atomic mass is 10.1. The molecular weight excluding hydrogens is 334 g/mol. The molecule has 0 aromatic heterocycles. The molecule has 0 spiro atoms. The van der Waals surface area contributed by atoms with Crippen LogP contribution in [0.15, 0.2) is 53.4 Å². The molecule has 2 aromatic carbocycles. The summed E-state index contributed by atoms with van der Waals surface area (Å²) in [6, 6.07) is 8.83. The van der Waals surface area contributed by atoms with E-state index < -0.39 is 21.8 Å². The zero-order valence-electron chi connectivity index (χ0n) is 11.8. The van der Waals surface area contributed by atoms with E-state index in [4.69, 9.17) is 0 Å². The largest absolute Gasteiger partial charge is 0.416 e. The maximum absolute atomic E-state index is 12.7. The second-order valence-electron chi connectivity index (χ2n) is 4.80. The minimum Gasteiger partial charge on any atom is -0.211 e. The van der Waals surface area contributed by atoms with Gasteiger partial charge >= 0.3 is 6.18 Å². The van der Waals surface area contributed by atoms with E-state index >= 15 is 0 Å². The fraction of sp³-hybridized carbons (Fsp3) is 0.200. The van der Waals surface area contributed by atoms with Crippen LogP contribution in [0.1, 0.15) is 11.1 Å². The predicted octanol–water partition coefficient (Wildman–Crippen LogP) is 3.37. The number of hydrogen-bond donors (Lipinski definition) is 1. The van der Waals surface area contributed by atoms with Gasteiger partial charge < -0.3 is 0 Å². The molecule has 0 heterocycles. The number of sulfonamides is 1. The van der Waals surface area contributed by atoms with Gasteiger partial charge in [-0.05, 0) is 48.4 Å². The summed E-state index contributed by atoms with van der Waals surface area (Å²) in [4.78, 5) is -0.246. The van der Waals surface area contributed by atoms with Crippen molar-refractivity contribution in [2.45, 2.75) is 17.5 Å². The summed E-state index contributed by atoms with van der Waals surface area (Å²) in [5, 5.41) is 0. The van der Waals surface area contributed by atoms with Crippen molar-refractivity contribution in [1.29, 1.82) is 0 Å². The Morgan fingerprint density at radius 1 is 0.913 bits per heavy atom. The Morgan fingerprint density at radius 2 is 1.48 bits per heavy atom. The first-order valence-corrected chi connectivity index (χ1v) is 8.08. The van der Waals surface area contributed by atoms with Gasteiger partial charge in [0.15, 0.2) is 0 Å². The molecule has 3 nitrogen and oxygen atoms in total. The van der Waals surface area contributed by atoms with Crippen LogP contribution in [0.3, 0.4) is 0 Å². The van der Waals surface area contributed by atoms with E-state index in [1.807, 2.05) is 0 Å². The molecule has 0 fully saturated rings. The molecule has 124 valence electrons. The lowest BCUT2D eigenvalue weighted by molar-refractivity contribution is -0.137. The first-order chi connectivity index (χ1) is 10.7. The third kappa shape index (κ3) is 4.77. The first kappa shape index (κ1) is 17.4. The van der Waals surface area contributed by atoms with Crippen LogP contribution in [0.5, 0.6) is 0 Å². The second-order valence-corrected chi connectivity index (χ2v) is 6.56. The molecule has 8 heteroatoms. The van der Waals surface area contributed by atoms with E-state index in [1.54, 1.807) is 0 Å². The van der Waals surface area contributed by atoms with Crippen molar-refractivity contribution >= 4 is 10.0 Å². The van der Waals surface area contributed by atoms with Crippen molar-refractivity contribution in [2.24, 2.45) is 0 Å². The van der Waals surface area contributed by atoms with Crippen molar-refractivity contribution in [2.75, 3.05) is 6.54 Å². The smallest absolute Gasteiger partial charge is 0.211 e. The van der Waals surface area contributed by atoms with Crippen molar-refractivity contribution in [1.82, 2.24) is 4.72 Å². The highest BCUT2D eigenvalue weighted by Gasteiger charge is 2.30. The van der Waals surface area contributed by atoms with Crippen LogP contribution < -0.4 is 4.72 Å². The summed E-state index contributed by atoms with van der Waals surface area (Å²) in [7, 11) is -3.89. The van der Waals surface area contributed by atoms with Crippen LogP contribution in [-0.4, -0.2) is 15.0 Å². The molecule has 0 radical (unpaired) electrons. The Morgan fingerprint density at radius 3 is 2.00 bits per heavy atom. The molecule has 0 bridgehead atoms. The second kappa shape index (κ2) is 6.67. The van der Waals surface area contributed by atoms with E-state index in [0.29, 0.717) is 18.6 Å². The van der Waals surface area contributed by atoms with Gasteiger partial charge in [-0.2, -0.15) is 13.2 Å². The topological polar surface area (TPSA) is 46.2 Å². The average Bonchev–Trinajstić information content (AvgIpc) is 2.48. The van der Waals surface area contributed by atoms with E-state index in [2.05, 4.69) is 4.72 Å². The SMILES string of the molecule is O=S(=O)(NCCc1ccc(F)cc1)c1ccc(C(F)(F)F)cc1. The van der Waals surface area contributed by atoms with Gasteiger partial charge in [0, 0.05) is 6.54 Å². The Hall–Kier alpha value is -1.93. The summed E-state index contributed by atoms with van der Waals surface area (Å²) in [5.74, 6) is -0.390. The zero-order chi connectivity index (χ0) is 17.1. The van der Waals surface area contributed by atoms with Gasteiger partial charge in [0.2, 0.25) is 10.0 Å². The third-order valence-electron chi connectivity index (χ3n) is 3.11. The summed E-state index contributed by atoms with van der Waals surface area (Å²) in [6.45, 7) is 0.0506. The zero-order valence-corrected chi connectivity index (χ0v) is 12.6. The number of alkyl halides is 3. The highest BCUT2D eigenvalue weighted by Crippen LogP contribution is 2.29. The van der Waals surface area contributed by atoms with E-state index in [1.165, 1.54) is 24.3 Å². The minimum atomic E-state index is -4.52. The van der Waals surface area contributed by atoms with Gasteiger partial charge in [-0.3, -0.25) is 0 Å². The Balaban J connectivity index is 2.00. The van der Waals surface area contributed by atoms with E-state index in [9.17, 15) is 26.0 Å². The number of halogens is 4. The van der Waals surface area contributed by atoms with Crippen LogP contribution >= 0.6 is 0 Å². The predicted molar refractivity (Wildman–Crippen MR) is 76.7 cm³/mol. The highest BCUT2D eigenvalue weighted by molar-refractivity contribution is 7.89. The van der Waals surface area contributed by atoms with Crippen molar-refractivity contribution < 1.29 is 26.0 Å². The lowest BCUT2D eigenvalue weighted by Gasteiger charge is -2.09. The average molecular weight is 347 g/mol. The molecule has 0 aliphatic carbocycles.